The first-order valence-corrected chi connectivity index (χ1v) is 7.49. The number of nitrogens with one attached hydrogen (secondary N) is 1. The second-order valence-corrected chi connectivity index (χ2v) is 6.17. The van der Waals surface area contributed by atoms with Gasteiger partial charge < -0.3 is 15.8 Å². The van der Waals surface area contributed by atoms with E-state index >= 15 is 0 Å². The lowest BCUT2D eigenvalue weighted by molar-refractivity contribution is -0.141. The third kappa shape index (κ3) is 4.45. The van der Waals surface area contributed by atoms with Gasteiger partial charge in [0.05, 0.1) is 7.11 Å². The van der Waals surface area contributed by atoms with Crippen molar-refractivity contribution in [1.82, 2.24) is 0 Å². The number of hydrogen-bond acceptors (Lipinski definition) is 4. The summed E-state index contributed by atoms with van der Waals surface area (Å²) < 4.78 is 5.63. The maximum absolute atomic E-state index is 11.9. The number of esters is 1. The number of halogens is 1. The van der Waals surface area contributed by atoms with Crippen LogP contribution < -0.4 is 11.1 Å². The van der Waals surface area contributed by atoms with Gasteiger partial charge in [0.1, 0.15) is 11.0 Å². The van der Waals surface area contributed by atoms with E-state index in [2.05, 4.69) is 21.2 Å². The SMILES string of the molecule is COC(=O)C(CC(C)C)Nc1cccc(Br)c1C(N)=S. The van der Waals surface area contributed by atoms with Gasteiger partial charge in [-0.3, -0.25) is 0 Å². The predicted molar refractivity (Wildman–Crippen MR) is 88.9 cm³/mol. The lowest BCUT2D eigenvalue weighted by Crippen LogP contribution is -2.33. The summed E-state index contributed by atoms with van der Waals surface area (Å²) in [5.74, 6) is 0.0552. The molecule has 0 fully saturated rings. The smallest absolute Gasteiger partial charge is 0.328 e. The lowest BCUT2D eigenvalue weighted by atomic mass is 10.0. The fourth-order valence-corrected chi connectivity index (χ4v) is 2.84. The van der Waals surface area contributed by atoms with Crippen LogP contribution in [0, 0.1) is 5.92 Å². The highest BCUT2D eigenvalue weighted by molar-refractivity contribution is 9.10. The monoisotopic (exact) mass is 358 g/mol. The van der Waals surface area contributed by atoms with Gasteiger partial charge in [-0.15, -0.1) is 0 Å². The Balaban J connectivity index is 3.08. The van der Waals surface area contributed by atoms with Gasteiger partial charge in [-0.05, 0) is 40.4 Å². The minimum absolute atomic E-state index is 0.271. The van der Waals surface area contributed by atoms with Crippen LogP contribution in [0.3, 0.4) is 0 Å². The molecule has 0 aliphatic rings. The summed E-state index contributed by atoms with van der Waals surface area (Å²) in [6, 6.07) is 5.13. The van der Waals surface area contributed by atoms with Crippen molar-refractivity contribution < 1.29 is 9.53 Å². The van der Waals surface area contributed by atoms with Gasteiger partial charge in [-0.1, -0.05) is 32.1 Å². The van der Waals surface area contributed by atoms with Gasteiger partial charge in [0.25, 0.3) is 0 Å². The normalized spacial score (nSPS) is 12.1. The number of carbonyl (C=O) groups excluding carboxylic acids is 1. The molecule has 0 saturated heterocycles. The molecule has 20 heavy (non-hydrogen) atoms. The van der Waals surface area contributed by atoms with E-state index < -0.39 is 6.04 Å². The maximum atomic E-state index is 11.9. The maximum Gasteiger partial charge on any atom is 0.328 e. The van der Waals surface area contributed by atoms with Gasteiger partial charge >= 0.3 is 5.97 Å². The summed E-state index contributed by atoms with van der Waals surface area (Å²) in [4.78, 5) is 12.1. The van der Waals surface area contributed by atoms with E-state index in [0.717, 1.165) is 10.2 Å². The summed E-state index contributed by atoms with van der Waals surface area (Å²) in [7, 11) is 1.38. The molecular formula is C14H19BrN2O2S. The van der Waals surface area contributed by atoms with Crippen LogP contribution in [0.2, 0.25) is 0 Å². The lowest BCUT2D eigenvalue weighted by Gasteiger charge is -2.21. The van der Waals surface area contributed by atoms with Crippen LogP contribution in [-0.4, -0.2) is 24.1 Å². The van der Waals surface area contributed by atoms with Gasteiger partial charge in [-0.25, -0.2) is 4.79 Å². The summed E-state index contributed by atoms with van der Waals surface area (Å²) >= 11 is 8.48. The van der Waals surface area contributed by atoms with E-state index in [0.29, 0.717) is 17.9 Å². The number of benzene rings is 1. The number of methoxy groups -OCH3 is 1. The number of anilines is 1. The highest BCUT2D eigenvalue weighted by atomic mass is 79.9. The number of ether oxygens (including phenoxy) is 1. The topological polar surface area (TPSA) is 64.3 Å². The molecule has 0 aromatic heterocycles. The molecule has 0 spiro atoms. The van der Waals surface area contributed by atoms with Crippen molar-refractivity contribution in [2.45, 2.75) is 26.3 Å². The van der Waals surface area contributed by atoms with Crippen LogP contribution in [0.25, 0.3) is 0 Å². The number of thiocarbonyl (C=S) groups is 1. The Hall–Kier alpha value is -1.14. The minimum atomic E-state index is -0.428. The average Bonchev–Trinajstić information content (AvgIpc) is 2.36. The molecule has 1 aromatic carbocycles. The van der Waals surface area contributed by atoms with Gasteiger partial charge in [0.15, 0.2) is 0 Å². The Kier molecular flexibility index (Phi) is 6.42. The minimum Gasteiger partial charge on any atom is -0.467 e. The van der Waals surface area contributed by atoms with Crippen molar-refractivity contribution in [1.29, 1.82) is 0 Å². The summed E-state index contributed by atoms with van der Waals surface area (Å²) in [5.41, 5.74) is 7.17. The first kappa shape index (κ1) is 16.9. The molecule has 1 unspecified atom stereocenters. The first-order chi connectivity index (χ1) is 9.36. The first-order valence-electron chi connectivity index (χ1n) is 6.29. The highest BCUT2D eigenvalue weighted by Gasteiger charge is 2.22. The molecule has 0 bridgehead atoms. The van der Waals surface area contributed by atoms with Crippen LogP contribution in [0.1, 0.15) is 25.8 Å². The predicted octanol–water partition coefficient (Wildman–Crippen LogP) is 3.08. The van der Waals surface area contributed by atoms with E-state index in [1.807, 2.05) is 32.0 Å². The average molecular weight is 359 g/mol. The van der Waals surface area contributed by atoms with Crippen molar-refractivity contribution in [2.24, 2.45) is 11.7 Å². The van der Waals surface area contributed by atoms with Crippen molar-refractivity contribution in [3.8, 4) is 0 Å². The van der Waals surface area contributed by atoms with Crippen LogP contribution in [0.4, 0.5) is 5.69 Å². The summed E-state index contributed by atoms with van der Waals surface area (Å²) in [5, 5.41) is 3.18. The summed E-state index contributed by atoms with van der Waals surface area (Å²) in [6.07, 6.45) is 0.663. The molecule has 0 amide bonds. The van der Waals surface area contributed by atoms with Gasteiger partial charge in [0, 0.05) is 15.7 Å². The third-order valence-corrected chi connectivity index (χ3v) is 3.65. The van der Waals surface area contributed by atoms with Crippen LogP contribution in [-0.2, 0) is 9.53 Å². The molecule has 0 aliphatic heterocycles. The summed E-state index contributed by atoms with van der Waals surface area (Å²) in [6.45, 7) is 4.10. The van der Waals surface area contributed by atoms with Gasteiger partial charge in [-0.2, -0.15) is 0 Å². The Morgan fingerprint density at radius 2 is 2.15 bits per heavy atom. The molecule has 6 heteroatoms. The van der Waals surface area contributed by atoms with Crippen molar-refractivity contribution in [2.75, 3.05) is 12.4 Å². The van der Waals surface area contributed by atoms with Crippen molar-refractivity contribution in [3.05, 3.63) is 28.2 Å². The fraction of sp³-hybridized carbons (Fsp3) is 0.429. The molecule has 0 aliphatic carbocycles. The Labute approximate surface area is 133 Å². The van der Waals surface area contributed by atoms with Crippen LogP contribution >= 0.6 is 28.1 Å². The van der Waals surface area contributed by atoms with E-state index in [1.165, 1.54) is 7.11 Å². The van der Waals surface area contributed by atoms with Crippen LogP contribution in [0.5, 0.6) is 0 Å². The fourth-order valence-electron chi connectivity index (χ4n) is 1.91. The second-order valence-electron chi connectivity index (χ2n) is 4.88. The molecule has 110 valence electrons. The zero-order chi connectivity index (χ0) is 15.3. The number of nitrogens with two attached hydrogens (primary N) is 1. The number of hydrogen-bond donors (Lipinski definition) is 2. The number of carbonyl (C=O) groups is 1. The largest absolute Gasteiger partial charge is 0.467 e. The molecule has 4 nitrogen and oxygen atoms in total. The second kappa shape index (κ2) is 7.59. The van der Waals surface area contributed by atoms with Crippen molar-refractivity contribution in [3.63, 3.8) is 0 Å². The van der Waals surface area contributed by atoms with E-state index in [-0.39, 0.29) is 11.0 Å². The molecule has 3 N–H and O–H groups in total. The molecular weight excluding hydrogens is 340 g/mol. The molecule has 1 atom stereocenters. The van der Waals surface area contributed by atoms with Crippen LogP contribution in [0.15, 0.2) is 22.7 Å². The molecule has 0 radical (unpaired) electrons. The van der Waals surface area contributed by atoms with E-state index in [1.54, 1.807) is 0 Å². The molecule has 0 heterocycles. The molecule has 1 aromatic rings. The Morgan fingerprint density at radius 1 is 1.50 bits per heavy atom. The zero-order valence-corrected chi connectivity index (χ0v) is 14.2. The zero-order valence-electron chi connectivity index (χ0n) is 11.8. The molecule has 1 rings (SSSR count). The van der Waals surface area contributed by atoms with Gasteiger partial charge in [0.2, 0.25) is 0 Å². The third-order valence-electron chi connectivity index (χ3n) is 2.78. The van der Waals surface area contributed by atoms with E-state index in [4.69, 9.17) is 22.7 Å². The molecule has 0 saturated carbocycles. The Bertz CT molecular complexity index is 506. The van der Waals surface area contributed by atoms with Crippen molar-refractivity contribution >= 4 is 44.8 Å². The standard InChI is InChI=1S/C14H19BrN2O2S/c1-8(2)7-11(14(18)19-3)17-10-6-4-5-9(15)12(10)13(16)20/h4-6,8,11,17H,7H2,1-3H3,(H2,16,20). The quantitative estimate of drug-likeness (QED) is 0.604. The number of rotatable bonds is 6. The highest BCUT2D eigenvalue weighted by Crippen LogP contribution is 2.26. The van der Waals surface area contributed by atoms with E-state index in [9.17, 15) is 4.79 Å². The Morgan fingerprint density at radius 3 is 2.65 bits per heavy atom.